The molecule has 148 valence electrons. The fourth-order valence-corrected chi connectivity index (χ4v) is 4.72. The number of pyridine rings is 1. The molecule has 1 saturated carbocycles. The second-order valence-corrected chi connectivity index (χ2v) is 8.44. The first-order chi connectivity index (χ1) is 13.6. The van der Waals surface area contributed by atoms with Gasteiger partial charge in [-0.2, -0.15) is 0 Å². The lowest BCUT2D eigenvalue weighted by Gasteiger charge is -2.50. The minimum atomic E-state index is -0.217. The number of piperidine rings is 1. The zero-order valence-corrected chi connectivity index (χ0v) is 16.5. The smallest absolute Gasteiger partial charge is 0.263 e. The lowest BCUT2D eigenvalue weighted by atomic mass is 9.60. The minimum absolute atomic E-state index is 0.190. The van der Waals surface area contributed by atoms with E-state index in [0.717, 1.165) is 37.9 Å². The van der Waals surface area contributed by atoms with Gasteiger partial charge in [-0.3, -0.25) is 9.59 Å². The van der Waals surface area contributed by atoms with Crippen LogP contribution in [0.5, 0.6) is 0 Å². The van der Waals surface area contributed by atoms with E-state index in [0.29, 0.717) is 17.5 Å². The van der Waals surface area contributed by atoms with Gasteiger partial charge in [-0.25, -0.2) is 0 Å². The van der Waals surface area contributed by atoms with E-state index < -0.39 is 0 Å². The van der Waals surface area contributed by atoms with Crippen LogP contribution >= 0.6 is 0 Å². The summed E-state index contributed by atoms with van der Waals surface area (Å²) in [6, 6.07) is 12.2. The van der Waals surface area contributed by atoms with Gasteiger partial charge in [0.1, 0.15) is 5.56 Å². The number of hydrogen-bond acceptors (Lipinski definition) is 3. The van der Waals surface area contributed by atoms with Gasteiger partial charge in [0.05, 0.1) is 0 Å². The first-order valence-corrected chi connectivity index (χ1v) is 10.3. The van der Waals surface area contributed by atoms with E-state index in [1.54, 1.807) is 10.8 Å². The molecule has 2 heterocycles. The Labute approximate surface area is 166 Å². The monoisotopic (exact) mass is 379 g/mol. The minimum Gasteiger partial charge on any atom is -0.349 e. The van der Waals surface area contributed by atoms with Gasteiger partial charge in [0.2, 0.25) is 0 Å². The molecular weight excluding hydrogens is 350 g/mol. The van der Waals surface area contributed by atoms with Crippen LogP contribution in [0.25, 0.3) is 0 Å². The van der Waals surface area contributed by atoms with E-state index >= 15 is 0 Å². The quantitative estimate of drug-likeness (QED) is 0.840. The molecular formula is C23H29N3O2. The zero-order valence-electron chi connectivity index (χ0n) is 16.5. The van der Waals surface area contributed by atoms with Crippen LogP contribution in [0.4, 0.5) is 0 Å². The van der Waals surface area contributed by atoms with E-state index in [2.05, 4.69) is 22.8 Å². The molecule has 1 aromatic carbocycles. The Hall–Kier alpha value is -2.40. The van der Waals surface area contributed by atoms with Gasteiger partial charge in [0, 0.05) is 18.8 Å². The molecule has 1 spiro atoms. The summed E-state index contributed by atoms with van der Waals surface area (Å²) in [6.45, 7) is 4.56. The number of carbonyl (C=O) groups is 1. The molecule has 0 unspecified atom stereocenters. The van der Waals surface area contributed by atoms with Crippen LogP contribution in [-0.2, 0) is 13.0 Å². The fraction of sp³-hybridized carbons (Fsp3) is 0.478. The fourth-order valence-electron chi connectivity index (χ4n) is 4.72. The summed E-state index contributed by atoms with van der Waals surface area (Å²) in [5.41, 5.74) is 2.44. The van der Waals surface area contributed by atoms with Crippen molar-refractivity contribution in [3.05, 3.63) is 69.6 Å². The summed E-state index contributed by atoms with van der Waals surface area (Å²) in [7, 11) is 0. The lowest BCUT2D eigenvalue weighted by molar-refractivity contribution is 0.0422. The van der Waals surface area contributed by atoms with Gasteiger partial charge < -0.3 is 15.2 Å². The molecule has 0 radical (unpaired) electrons. The van der Waals surface area contributed by atoms with Crippen molar-refractivity contribution in [1.82, 2.24) is 15.2 Å². The van der Waals surface area contributed by atoms with Crippen LogP contribution in [-0.4, -0.2) is 29.6 Å². The average molecular weight is 380 g/mol. The highest BCUT2D eigenvalue weighted by Gasteiger charge is 2.45. The second-order valence-electron chi connectivity index (χ2n) is 8.44. The SMILES string of the molecule is Cc1ccn(CCc2ccccc2)c(=O)c1C(=O)NC1CC2(CCNCC2)C1. The van der Waals surface area contributed by atoms with Gasteiger partial charge >= 0.3 is 0 Å². The Balaban J connectivity index is 1.42. The van der Waals surface area contributed by atoms with Crippen molar-refractivity contribution in [3.8, 4) is 0 Å². The molecule has 1 amide bonds. The van der Waals surface area contributed by atoms with E-state index in [-0.39, 0.29) is 17.5 Å². The molecule has 2 aromatic rings. The molecule has 28 heavy (non-hydrogen) atoms. The second kappa shape index (κ2) is 7.92. The largest absolute Gasteiger partial charge is 0.349 e. The highest BCUT2D eigenvalue weighted by molar-refractivity contribution is 5.95. The van der Waals surface area contributed by atoms with E-state index in [1.807, 2.05) is 31.2 Å². The van der Waals surface area contributed by atoms with Gasteiger partial charge in [-0.15, -0.1) is 0 Å². The van der Waals surface area contributed by atoms with Crippen LogP contribution < -0.4 is 16.2 Å². The number of carbonyl (C=O) groups excluding carboxylic acids is 1. The summed E-state index contributed by atoms with van der Waals surface area (Å²) in [5, 5.41) is 6.52. The summed E-state index contributed by atoms with van der Waals surface area (Å²) < 4.78 is 1.66. The normalized spacial score (nSPS) is 18.6. The first-order valence-electron chi connectivity index (χ1n) is 10.3. The third-order valence-corrected chi connectivity index (χ3v) is 6.44. The predicted molar refractivity (Wildman–Crippen MR) is 111 cm³/mol. The maximum Gasteiger partial charge on any atom is 0.263 e. The summed E-state index contributed by atoms with van der Waals surface area (Å²) >= 11 is 0. The van der Waals surface area contributed by atoms with Crippen molar-refractivity contribution in [2.45, 2.75) is 51.6 Å². The van der Waals surface area contributed by atoms with Crippen LogP contribution in [0.2, 0.25) is 0 Å². The van der Waals surface area contributed by atoms with Crippen molar-refractivity contribution in [2.75, 3.05) is 13.1 Å². The lowest BCUT2D eigenvalue weighted by Crippen LogP contribution is -2.54. The Morgan fingerprint density at radius 1 is 1.18 bits per heavy atom. The average Bonchev–Trinajstić information content (AvgIpc) is 2.68. The number of nitrogens with zero attached hydrogens (tertiary/aromatic N) is 1. The maximum atomic E-state index is 12.9. The molecule has 0 bridgehead atoms. The standard InChI is InChI=1S/C23H29N3O2/c1-17-7-13-26(14-8-18-5-3-2-4-6-18)22(28)20(17)21(27)25-19-15-23(16-19)9-11-24-12-10-23/h2-7,13,19,24H,8-12,14-16H2,1H3,(H,25,27). The molecule has 2 fully saturated rings. The van der Waals surface area contributed by atoms with Gasteiger partial charge in [-0.1, -0.05) is 30.3 Å². The third kappa shape index (κ3) is 3.90. The van der Waals surface area contributed by atoms with Crippen LogP contribution in [0, 0.1) is 12.3 Å². The molecule has 2 N–H and O–H groups in total. The van der Waals surface area contributed by atoms with Crippen molar-refractivity contribution in [1.29, 1.82) is 0 Å². The van der Waals surface area contributed by atoms with Crippen molar-refractivity contribution in [3.63, 3.8) is 0 Å². The molecule has 4 rings (SSSR count). The van der Waals surface area contributed by atoms with Crippen molar-refractivity contribution < 1.29 is 4.79 Å². The summed E-state index contributed by atoms with van der Waals surface area (Å²) in [6.07, 6.45) is 7.02. The van der Waals surface area contributed by atoms with Gasteiger partial charge in [0.15, 0.2) is 0 Å². The Bertz CT molecular complexity index is 890. The molecule has 1 aliphatic carbocycles. The zero-order chi connectivity index (χ0) is 19.6. The van der Waals surface area contributed by atoms with Crippen LogP contribution in [0.15, 0.2) is 47.4 Å². The topological polar surface area (TPSA) is 63.1 Å². The molecule has 1 saturated heterocycles. The molecule has 1 aliphatic heterocycles. The maximum absolute atomic E-state index is 12.9. The summed E-state index contributed by atoms with van der Waals surface area (Å²) in [4.78, 5) is 25.8. The van der Waals surface area contributed by atoms with Gasteiger partial charge in [0.25, 0.3) is 11.5 Å². The van der Waals surface area contributed by atoms with Crippen molar-refractivity contribution >= 4 is 5.91 Å². The molecule has 2 aliphatic rings. The third-order valence-electron chi connectivity index (χ3n) is 6.44. The number of amides is 1. The van der Waals surface area contributed by atoms with Gasteiger partial charge in [-0.05, 0) is 74.7 Å². The summed E-state index contributed by atoms with van der Waals surface area (Å²) in [5.74, 6) is -0.217. The number of aromatic nitrogens is 1. The predicted octanol–water partition coefficient (Wildman–Crippen LogP) is 2.66. The highest BCUT2D eigenvalue weighted by atomic mass is 16.2. The highest BCUT2D eigenvalue weighted by Crippen LogP contribution is 2.47. The molecule has 5 nitrogen and oxygen atoms in total. The Morgan fingerprint density at radius 3 is 2.61 bits per heavy atom. The number of nitrogens with one attached hydrogen (secondary N) is 2. The van der Waals surface area contributed by atoms with Crippen molar-refractivity contribution in [2.24, 2.45) is 5.41 Å². The molecule has 1 aromatic heterocycles. The molecule has 5 heteroatoms. The number of benzene rings is 1. The number of aryl methyl sites for hydroxylation is 3. The first kappa shape index (κ1) is 18.9. The van der Waals surface area contributed by atoms with E-state index in [4.69, 9.17) is 0 Å². The van der Waals surface area contributed by atoms with E-state index in [9.17, 15) is 9.59 Å². The number of hydrogen-bond donors (Lipinski definition) is 2. The van der Waals surface area contributed by atoms with Crippen LogP contribution in [0.3, 0.4) is 0 Å². The van der Waals surface area contributed by atoms with Crippen LogP contribution in [0.1, 0.15) is 47.2 Å². The number of rotatable bonds is 5. The Kier molecular flexibility index (Phi) is 5.36. The Morgan fingerprint density at radius 2 is 1.89 bits per heavy atom. The molecule has 0 atom stereocenters. The van der Waals surface area contributed by atoms with E-state index in [1.165, 1.54) is 18.4 Å².